The topological polar surface area (TPSA) is 0 Å². The van der Waals surface area contributed by atoms with Crippen molar-refractivity contribution in [3.05, 3.63) is 71.8 Å². The van der Waals surface area contributed by atoms with Crippen molar-refractivity contribution in [3.8, 4) is 0 Å². The van der Waals surface area contributed by atoms with Gasteiger partial charge in [0.05, 0.1) is 0 Å². The first-order valence-corrected chi connectivity index (χ1v) is 22.1. The molecule has 0 unspecified atom stereocenters. The molecule has 0 nitrogen and oxygen atoms in total. The first kappa shape index (κ1) is 19.2. The summed E-state index contributed by atoms with van der Waals surface area (Å²) in [5.74, 6) is 0. The molecule has 0 bridgehead atoms. The molecule has 0 aromatic heterocycles. The molecule has 124 valence electrons. The van der Waals surface area contributed by atoms with Crippen molar-refractivity contribution < 1.29 is 17.6 Å². The molecule has 2 aromatic rings. The van der Waals surface area contributed by atoms with Gasteiger partial charge in [-0.1, -0.05) is 0 Å². The van der Waals surface area contributed by atoms with Crippen molar-refractivity contribution in [2.24, 2.45) is 0 Å². The Balaban J connectivity index is 2.16. The Morgan fingerprint density at radius 1 is 0.652 bits per heavy atom. The third-order valence-electron chi connectivity index (χ3n) is 4.51. The molecule has 0 saturated heterocycles. The number of rotatable bonds is 6. The molecule has 0 fully saturated rings. The van der Waals surface area contributed by atoms with Gasteiger partial charge in [0.15, 0.2) is 0 Å². The second kappa shape index (κ2) is 7.42. The molecule has 0 heterocycles. The molecule has 0 atom stereocenters. The van der Waals surface area contributed by atoms with E-state index in [1.54, 1.807) is 0 Å². The molecule has 0 aliphatic heterocycles. The van der Waals surface area contributed by atoms with Gasteiger partial charge < -0.3 is 0 Å². The summed E-state index contributed by atoms with van der Waals surface area (Å²) in [5.41, 5.74) is 2.70. The first-order chi connectivity index (χ1) is 10.6. The number of hydrogen-bond acceptors (Lipinski definition) is 0. The van der Waals surface area contributed by atoms with E-state index in [0.717, 1.165) is 8.35 Å². The second-order valence-corrected chi connectivity index (χ2v) is 29.8. The summed E-state index contributed by atoms with van der Waals surface area (Å²) in [6.07, 6.45) is 0. The SMILES string of the molecule is CC(C)([CH2][Hf]([Cl])([Cl])[CH2]C(C)(C)c1ccccc1)c1ccccc1. The van der Waals surface area contributed by atoms with Crippen LogP contribution in [0.4, 0.5) is 0 Å². The Kier molecular flexibility index (Phi) is 6.20. The van der Waals surface area contributed by atoms with Crippen molar-refractivity contribution in [2.75, 3.05) is 0 Å². The molecule has 2 aromatic carbocycles. The van der Waals surface area contributed by atoms with Gasteiger partial charge in [-0.3, -0.25) is 0 Å². The summed E-state index contributed by atoms with van der Waals surface area (Å²) in [5, 5.41) is 0. The van der Waals surface area contributed by atoms with Crippen LogP contribution in [0.3, 0.4) is 0 Å². The molecule has 0 radical (unpaired) electrons. The van der Waals surface area contributed by atoms with Gasteiger partial charge in [-0.2, -0.15) is 0 Å². The van der Waals surface area contributed by atoms with Gasteiger partial charge in [0.25, 0.3) is 0 Å². The number of hydrogen-bond donors (Lipinski definition) is 0. The molecule has 23 heavy (non-hydrogen) atoms. The number of halogens is 2. The van der Waals surface area contributed by atoms with Gasteiger partial charge in [-0.25, -0.2) is 0 Å². The van der Waals surface area contributed by atoms with E-state index in [1.165, 1.54) is 11.1 Å². The van der Waals surface area contributed by atoms with Gasteiger partial charge in [0.1, 0.15) is 0 Å². The van der Waals surface area contributed by atoms with Crippen LogP contribution in [-0.2, 0) is 28.4 Å². The molecule has 0 amide bonds. The third-order valence-corrected chi connectivity index (χ3v) is 19.0. The van der Waals surface area contributed by atoms with E-state index in [9.17, 15) is 0 Å². The Labute approximate surface area is 152 Å². The fraction of sp³-hybridized carbons (Fsp3) is 0.400. The molecule has 3 heteroatoms. The summed E-state index contributed by atoms with van der Waals surface area (Å²) in [6, 6.07) is 21.2. The van der Waals surface area contributed by atoms with E-state index in [1.807, 2.05) is 0 Å². The minimum atomic E-state index is -3.36. The fourth-order valence-corrected chi connectivity index (χ4v) is 25.5. The maximum absolute atomic E-state index is 6.99. The standard InChI is InChI=1S/2C10H13.2ClH.Hf/c2*1-10(2,3)9-7-5-4-6-8-9;;;/h2*4-8H,1H2,2-3H3;2*1H;/q;;;;+2/p-2. The summed E-state index contributed by atoms with van der Waals surface area (Å²) in [6.45, 7) is 9.05. The summed E-state index contributed by atoms with van der Waals surface area (Å²) < 4.78 is 1.87. The van der Waals surface area contributed by atoms with Crippen LogP contribution in [0.5, 0.6) is 0 Å². The van der Waals surface area contributed by atoms with E-state index < -0.39 is 17.6 Å². The zero-order valence-corrected chi connectivity index (χ0v) is 19.5. The van der Waals surface area contributed by atoms with E-state index in [-0.39, 0.29) is 10.8 Å². The second-order valence-electron chi connectivity index (χ2n) is 7.71. The van der Waals surface area contributed by atoms with Crippen molar-refractivity contribution in [1.82, 2.24) is 0 Å². The normalized spacial score (nSPS) is 13.1. The molecule has 0 N–H and O–H groups in total. The Morgan fingerprint density at radius 2 is 0.957 bits per heavy atom. The van der Waals surface area contributed by atoms with Gasteiger partial charge in [0, 0.05) is 0 Å². The average Bonchev–Trinajstić information content (AvgIpc) is 2.47. The summed E-state index contributed by atoms with van der Waals surface area (Å²) in [4.78, 5) is 0. The first-order valence-electron chi connectivity index (χ1n) is 8.11. The quantitative estimate of drug-likeness (QED) is 0.356. The molecule has 2 rings (SSSR count). The molecular formula is C20H26Cl2Hf. The van der Waals surface area contributed by atoms with Crippen LogP contribution in [0.15, 0.2) is 60.7 Å². The van der Waals surface area contributed by atoms with Crippen LogP contribution in [-0.4, -0.2) is 0 Å². The predicted molar refractivity (Wildman–Crippen MR) is 100 cm³/mol. The van der Waals surface area contributed by atoms with Crippen LogP contribution >= 0.6 is 17.2 Å². The van der Waals surface area contributed by atoms with Crippen molar-refractivity contribution in [3.63, 3.8) is 0 Å². The third kappa shape index (κ3) is 5.44. The van der Waals surface area contributed by atoms with Crippen molar-refractivity contribution >= 4 is 17.2 Å². The van der Waals surface area contributed by atoms with Gasteiger partial charge >= 0.3 is 153 Å². The van der Waals surface area contributed by atoms with Crippen LogP contribution in [0.1, 0.15) is 38.8 Å². The Morgan fingerprint density at radius 3 is 1.26 bits per heavy atom. The van der Waals surface area contributed by atoms with Crippen LogP contribution in [0.2, 0.25) is 8.35 Å². The van der Waals surface area contributed by atoms with Crippen molar-refractivity contribution in [1.29, 1.82) is 0 Å². The van der Waals surface area contributed by atoms with Gasteiger partial charge in [-0.05, 0) is 0 Å². The Hall–Kier alpha value is -0.110. The fourth-order valence-electron chi connectivity index (χ4n) is 3.34. The summed E-state index contributed by atoms with van der Waals surface area (Å²) >= 11 is -3.36. The van der Waals surface area contributed by atoms with Crippen LogP contribution in [0, 0.1) is 0 Å². The van der Waals surface area contributed by atoms with E-state index in [0.29, 0.717) is 0 Å². The average molecular weight is 516 g/mol. The predicted octanol–water partition coefficient (Wildman–Crippen LogP) is 7.24. The van der Waals surface area contributed by atoms with Crippen molar-refractivity contribution in [2.45, 2.75) is 46.9 Å². The maximum atomic E-state index is 6.99. The van der Waals surface area contributed by atoms with Crippen LogP contribution < -0.4 is 0 Å². The van der Waals surface area contributed by atoms with Gasteiger partial charge in [0.2, 0.25) is 0 Å². The van der Waals surface area contributed by atoms with E-state index >= 15 is 0 Å². The zero-order valence-electron chi connectivity index (χ0n) is 14.4. The zero-order chi connectivity index (χ0) is 17.1. The van der Waals surface area contributed by atoms with E-state index in [2.05, 4.69) is 88.4 Å². The minimum absolute atomic E-state index is 0.0269. The Bertz CT molecular complexity index is 563. The van der Waals surface area contributed by atoms with E-state index in [4.69, 9.17) is 17.2 Å². The van der Waals surface area contributed by atoms with Gasteiger partial charge in [-0.15, -0.1) is 0 Å². The van der Waals surface area contributed by atoms with Crippen LogP contribution in [0.25, 0.3) is 0 Å². The summed E-state index contributed by atoms with van der Waals surface area (Å²) in [7, 11) is 14.0. The molecule has 0 saturated carbocycles. The molecule has 0 spiro atoms. The molecule has 0 aliphatic rings. The number of benzene rings is 2. The molecule has 0 aliphatic carbocycles. The monoisotopic (exact) mass is 516 g/mol. The molecular weight excluding hydrogens is 490 g/mol.